The maximum atomic E-state index is 12.9. The van der Waals surface area contributed by atoms with Crippen LogP contribution in [0.4, 0.5) is 4.39 Å². The van der Waals surface area contributed by atoms with Crippen LogP contribution in [0.25, 0.3) is 0 Å². The van der Waals surface area contributed by atoms with Crippen molar-refractivity contribution >= 4 is 0 Å². The number of aliphatic hydroxyl groups is 1. The third kappa shape index (κ3) is 2.59. The molecule has 3 atom stereocenters. The minimum absolute atomic E-state index is 0.144. The fourth-order valence-electron chi connectivity index (χ4n) is 3.60. The Hall–Kier alpha value is -0.890. The van der Waals surface area contributed by atoms with Gasteiger partial charge in [0.1, 0.15) is 5.82 Å². The van der Waals surface area contributed by atoms with Crippen molar-refractivity contribution in [2.45, 2.75) is 46.1 Å². The van der Waals surface area contributed by atoms with Gasteiger partial charge in [0.15, 0.2) is 0 Å². The standard InChI is InChI=1S/C16H23FO/c1-11-5-4-10-16(2,3)14(11)15(18)12-6-8-13(17)9-7-12/h6-9,11,14-15,18H,4-5,10H2,1-3H3/t11-,14-,15+/m0/s1. The minimum Gasteiger partial charge on any atom is -0.388 e. The number of halogens is 1. The van der Waals surface area contributed by atoms with Crippen LogP contribution < -0.4 is 0 Å². The van der Waals surface area contributed by atoms with Crippen molar-refractivity contribution in [3.8, 4) is 0 Å². The Bertz CT molecular complexity index is 396. The molecule has 0 aromatic heterocycles. The van der Waals surface area contributed by atoms with Crippen molar-refractivity contribution in [3.05, 3.63) is 35.6 Å². The lowest BCUT2D eigenvalue weighted by Gasteiger charge is -2.45. The molecule has 0 radical (unpaired) electrons. The summed E-state index contributed by atoms with van der Waals surface area (Å²) < 4.78 is 12.9. The molecule has 0 saturated heterocycles. The molecular formula is C16H23FO. The van der Waals surface area contributed by atoms with Crippen molar-refractivity contribution in [2.75, 3.05) is 0 Å². The molecule has 0 spiro atoms. The van der Waals surface area contributed by atoms with Crippen LogP contribution in [-0.4, -0.2) is 5.11 Å². The average molecular weight is 250 g/mol. The zero-order valence-corrected chi connectivity index (χ0v) is 11.5. The first-order valence-corrected chi connectivity index (χ1v) is 6.85. The van der Waals surface area contributed by atoms with Gasteiger partial charge in [0.05, 0.1) is 6.10 Å². The molecule has 0 heterocycles. The van der Waals surface area contributed by atoms with Gasteiger partial charge >= 0.3 is 0 Å². The summed E-state index contributed by atoms with van der Waals surface area (Å²) in [6.07, 6.45) is 3.07. The smallest absolute Gasteiger partial charge is 0.123 e. The molecule has 18 heavy (non-hydrogen) atoms. The van der Waals surface area contributed by atoms with E-state index in [0.29, 0.717) is 5.92 Å². The van der Waals surface area contributed by atoms with Crippen LogP contribution in [0, 0.1) is 23.1 Å². The monoisotopic (exact) mass is 250 g/mol. The van der Waals surface area contributed by atoms with Crippen molar-refractivity contribution < 1.29 is 9.50 Å². The van der Waals surface area contributed by atoms with Crippen LogP contribution in [0.15, 0.2) is 24.3 Å². The van der Waals surface area contributed by atoms with Gasteiger partial charge in [-0.3, -0.25) is 0 Å². The number of hydrogen-bond acceptors (Lipinski definition) is 1. The fourth-order valence-corrected chi connectivity index (χ4v) is 3.60. The minimum atomic E-state index is -0.490. The van der Waals surface area contributed by atoms with E-state index >= 15 is 0 Å². The van der Waals surface area contributed by atoms with Crippen molar-refractivity contribution in [2.24, 2.45) is 17.3 Å². The second-order valence-electron chi connectivity index (χ2n) is 6.38. The molecule has 1 N–H and O–H groups in total. The van der Waals surface area contributed by atoms with E-state index in [1.807, 2.05) is 0 Å². The van der Waals surface area contributed by atoms with Gasteiger partial charge in [-0.05, 0) is 41.4 Å². The Morgan fingerprint density at radius 1 is 1.28 bits per heavy atom. The van der Waals surface area contributed by atoms with Crippen LogP contribution in [0.3, 0.4) is 0 Å². The molecule has 100 valence electrons. The van der Waals surface area contributed by atoms with E-state index in [0.717, 1.165) is 12.0 Å². The summed E-state index contributed by atoms with van der Waals surface area (Å²) in [5.41, 5.74) is 0.981. The predicted octanol–water partition coefficient (Wildman–Crippen LogP) is 4.32. The van der Waals surface area contributed by atoms with Crippen LogP contribution >= 0.6 is 0 Å². The normalized spacial score (nSPS) is 28.9. The summed E-state index contributed by atoms with van der Waals surface area (Å²) in [5, 5.41) is 10.6. The number of rotatable bonds is 2. The van der Waals surface area contributed by atoms with E-state index in [1.165, 1.54) is 25.0 Å². The molecule has 0 amide bonds. The first-order valence-electron chi connectivity index (χ1n) is 6.85. The molecule has 1 saturated carbocycles. The maximum absolute atomic E-state index is 12.9. The SMILES string of the molecule is C[C@H]1CCCC(C)(C)[C@@H]1[C@H](O)c1ccc(F)cc1. The topological polar surface area (TPSA) is 20.2 Å². The van der Waals surface area contributed by atoms with Gasteiger partial charge in [-0.2, -0.15) is 0 Å². The first-order chi connectivity index (χ1) is 8.42. The maximum Gasteiger partial charge on any atom is 0.123 e. The molecule has 0 unspecified atom stereocenters. The highest BCUT2D eigenvalue weighted by Crippen LogP contribution is 2.49. The Labute approximate surface area is 109 Å². The highest BCUT2D eigenvalue weighted by Gasteiger charge is 2.41. The first kappa shape index (κ1) is 13.5. The molecule has 0 bridgehead atoms. The van der Waals surface area contributed by atoms with E-state index in [1.54, 1.807) is 12.1 Å². The summed E-state index contributed by atoms with van der Waals surface area (Å²) >= 11 is 0. The fraction of sp³-hybridized carbons (Fsp3) is 0.625. The number of aliphatic hydroxyl groups excluding tert-OH is 1. The van der Waals surface area contributed by atoms with Crippen molar-refractivity contribution in [1.82, 2.24) is 0 Å². The van der Waals surface area contributed by atoms with Crippen molar-refractivity contribution in [3.63, 3.8) is 0 Å². The lowest BCUT2D eigenvalue weighted by Crippen LogP contribution is -2.37. The van der Waals surface area contributed by atoms with Crippen molar-refractivity contribution in [1.29, 1.82) is 0 Å². The number of hydrogen-bond donors (Lipinski definition) is 1. The molecule has 1 aliphatic rings. The van der Waals surface area contributed by atoms with Gasteiger partial charge < -0.3 is 5.11 Å². The van der Waals surface area contributed by atoms with E-state index in [4.69, 9.17) is 0 Å². The Kier molecular flexibility index (Phi) is 3.76. The molecular weight excluding hydrogens is 227 g/mol. The zero-order valence-electron chi connectivity index (χ0n) is 11.5. The summed E-state index contributed by atoms with van der Waals surface area (Å²) in [6.45, 7) is 6.69. The van der Waals surface area contributed by atoms with Gasteiger partial charge in [0, 0.05) is 0 Å². The van der Waals surface area contributed by atoms with Gasteiger partial charge in [-0.25, -0.2) is 4.39 Å². The van der Waals surface area contributed by atoms with Crippen LogP contribution in [0.1, 0.15) is 51.7 Å². The lowest BCUT2D eigenvalue weighted by atomic mass is 9.61. The Morgan fingerprint density at radius 3 is 2.44 bits per heavy atom. The highest BCUT2D eigenvalue weighted by molar-refractivity contribution is 5.20. The molecule has 1 aromatic carbocycles. The van der Waals surface area contributed by atoms with E-state index in [2.05, 4.69) is 20.8 Å². The highest BCUT2D eigenvalue weighted by atomic mass is 19.1. The molecule has 1 fully saturated rings. The second kappa shape index (κ2) is 5.00. The lowest BCUT2D eigenvalue weighted by molar-refractivity contribution is -0.0293. The molecule has 1 nitrogen and oxygen atoms in total. The summed E-state index contributed by atoms with van der Waals surface area (Å²) in [7, 11) is 0. The quantitative estimate of drug-likeness (QED) is 0.828. The second-order valence-corrected chi connectivity index (χ2v) is 6.38. The Balaban J connectivity index is 2.25. The summed E-state index contributed by atoms with van der Waals surface area (Å²) in [5.74, 6) is 0.507. The predicted molar refractivity (Wildman–Crippen MR) is 71.6 cm³/mol. The van der Waals surface area contributed by atoms with E-state index in [9.17, 15) is 9.50 Å². The molecule has 2 heteroatoms. The summed E-state index contributed by atoms with van der Waals surface area (Å²) in [6, 6.07) is 6.27. The van der Waals surface area contributed by atoms with Gasteiger partial charge in [-0.15, -0.1) is 0 Å². The van der Waals surface area contributed by atoms with Crippen LogP contribution in [0.5, 0.6) is 0 Å². The molecule has 1 aromatic rings. The third-order valence-electron chi connectivity index (χ3n) is 4.55. The van der Waals surface area contributed by atoms with Crippen LogP contribution in [0.2, 0.25) is 0 Å². The average Bonchev–Trinajstić information content (AvgIpc) is 2.28. The summed E-state index contributed by atoms with van der Waals surface area (Å²) in [4.78, 5) is 0. The largest absolute Gasteiger partial charge is 0.388 e. The molecule has 0 aliphatic heterocycles. The number of benzene rings is 1. The van der Waals surface area contributed by atoms with Gasteiger partial charge in [0.2, 0.25) is 0 Å². The molecule has 2 rings (SSSR count). The van der Waals surface area contributed by atoms with Crippen LogP contribution in [-0.2, 0) is 0 Å². The zero-order chi connectivity index (χ0) is 13.3. The Morgan fingerprint density at radius 2 is 1.89 bits per heavy atom. The van der Waals surface area contributed by atoms with Gasteiger partial charge in [-0.1, -0.05) is 45.7 Å². The third-order valence-corrected chi connectivity index (χ3v) is 4.55. The van der Waals surface area contributed by atoms with Gasteiger partial charge in [0.25, 0.3) is 0 Å². The van der Waals surface area contributed by atoms with E-state index in [-0.39, 0.29) is 17.2 Å². The molecule has 1 aliphatic carbocycles. The van der Waals surface area contributed by atoms with E-state index < -0.39 is 6.10 Å².